The highest BCUT2D eigenvalue weighted by atomic mass is 79.9. The minimum atomic E-state index is -0.297. The van der Waals surface area contributed by atoms with Crippen LogP contribution in [0.2, 0.25) is 0 Å². The molecule has 7 heteroatoms. The van der Waals surface area contributed by atoms with E-state index in [9.17, 15) is 9.59 Å². The average Bonchev–Trinajstić information content (AvgIpc) is 3.25. The quantitative estimate of drug-likeness (QED) is 0.540. The van der Waals surface area contributed by atoms with Crippen molar-refractivity contribution in [3.8, 4) is 0 Å². The molecule has 2 amide bonds. The molecule has 4 rings (SSSR count). The molecule has 2 aromatic carbocycles. The summed E-state index contributed by atoms with van der Waals surface area (Å²) in [7, 11) is 0. The molecule has 1 N–H and O–H groups in total. The molecule has 0 unspecified atom stereocenters. The molecule has 1 saturated heterocycles. The topological polar surface area (TPSA) is 65.8 Å². The normalized spacial score (nSPS) is 14.1. The lowest BCUT2D eigenvalue weighted by Gasteiger charge is -2.35. The summed E-state index contributed by atoms with van der Waals surface area (Å²) in [4.78, 5) is 28.7. The van der Waals surface area contributed by atoms with Crippen molar-refractivity contribution in [2.24, 2.45) is 0 Å². The molecule has 2 heterocycles. The first-order chi connectivity index (χ1) is 15.1. The lowest BCUT2D eigenvalue weighted by Crippen LogP contribution is -2.48. The third-order valence-electron chi connectivity index (χ3n) is 5.10. The van der Waals surface area contributed by atoms with Crippen LogP contribution in [0, 0.1) is 0 Å². The van der Waals surface area contributed by atoms with Gasteiger partial charge in [-0.05, 0) is 64.0 Å². The summed E-state index contributed by atoms with van der Waals surface area (Å²) >= 11 is 3.19. The fourth-order valence-corrected chi connectivity index (χ4v) is 3.71. The molecule has 0 aliphatic carbocycles. The summed E-state index contributed by atoms with van der Waals surface area (Å²) < 4.78 is 5.78. The second kappa shape index (κ2) is 9.66. The Bertz CT molecular complexity index is 1070. The molecule has 0 atom stereocenters. The Hall–Kier alpha value is -3.32. The van der Waals surface area contributed by atoms with Gasteiger partial charge in [0.15, 0.2) is 10.4 Å². The molecule has 1 aromatic heterocycles. The third kappa shape index (κ3) is 5.44. The zero-order valence-electron chi connectivity index (χ0n) is 16.8. The molecule has 0 bridgehead atoms. The molecule has 0 saturated carbocycles. The van der Waals surface area contributed by atoms with Gasteiger partial charge >= 0.3 is 0 Å². The molecule has 0 radical (unpaired) electrons. The number of benzene rings is 2. The van der Waals surface area contributed by atoms with Crippen LogP contribution in [-0.2, 0) is 4.79 Å². The van der Waals surface area contributed by atoms with Gasteiger partial charge in [-0.25, -0.2) is 0 Å². The van der Waals surface area contributed by atoms with Crippen LogP contribution < -0.4 is 10.2 Å². The largest absolute Gasteiger partial charge is 0.444 e. The van der Waals surface area contributed by atoms with Gasteiger partial charge in [0.25, 0.3) is 5.91 Å². The maximum absolute atomic E-state index is 12.5. The Morgan fingerprint density at radius 1 is 0.903 bits per heavy atom. The smallest absolute Gasteiger partial charge is 0.291 e. The minimum absolute atomic E-state index is 0.0335. The fraction of sp³-hybridized carbons (Fsp3) is 0.167. The van der Waals surface area contributed by atoms with Crippen molar-refractivity contribution < 1.29 is 14.0 Å². The Morgan fingerprint density at radius 2 is 1.61 bits per heavy atom. The first-order valence-electron chi connectivity index (χ1n) is 10.0. The van der Waals surface area contributed by atoms with Gasteiger partial charge in [-0.2, -0.15) is 0 Å². The maximum Gasteiger partial charge on any atom is 0.291 e. The Kier molecular flexibility index (Phi) is 6.52. The van der Waals surface area contributed by atoms with Crippen LogP contribution in [0.4, 0.5) is 11.4 Å². The second-order valence-electron chi connectivity index (χ2n) is 7.16. The number of rotatable bonds is 5. The second-order valence-corrected chi connectivity index (χ2v) is 7.94. The highest BCUT2D eigenvalue weighted by Gasteiger charge is 2.20. The number of nitrogens with one attached hydrogen (secondary N) is 1. The van der Waals surface area contributed by atoms with Crippen molar-refractivity contribution in [1.82, 2.24) is 4.90 Å². The SMILES string of the molecule is O=C(Nc1ccc(N2CCN(C(=O)/C=C/c3ccccc3)CC2)cc1)c1ccc(Br)o1. The van der Waals surface area contributed by atoms with Gasteiger partial charge in [-0.1, -0.05) is 30.3 Å². The number of nitrogens with zero attached hydrogens (tertiary/aromatic N) is 2. The van der Waals surface area contributed by atoms with Gasteiger partial charge < -0.3 is 19.5 Å². The zero-order chi connectivity index (χ0) is 21.6. The van der Waals surface area contributed by atoms with E-state index < -0.39 is 0 Å². The summed E-state index contributed by atoms with van der Waals surface area (Å²) in [5, 5.41) is 2.82. The van der Waals surface area contributed by atoms with E-state index >= 15 is 0 Å². The van der Waals surface area contributed by atoms with Crippen molar-refractivity contribution in [2.45, 2.75) is 0 Å². The third-order valence-corrected chi connectivity index (χ3v) is 5.52. The van der Waals surface area contributed by atoms with Gasteiger partial charge in [0.05, 0.1) is 0 Å². The van der Waals surface area contributed by atoms with E-state index in [2.05, 4.69) is 26.1 Å². The molecule has 158 valence electrons. The van der Waals surface area contributed by atoms with Crippen molar-refractivity contribution in [3.05, 3.63) is 88.8 Å². The van der Waals surface area contributed by atoms with Gasteiger partial charge in [0.2, 0.25) is 5.91 Å². The number of anilines is 2. The van der Waals surface area contributed by atoms with Gasteiger partial charge in [-0.3, -0.25) is 9.59 Å². The lowest BCUT2D eigenvalue weighted by molar-refractivity contribution is -0.126. The summed E-state index contributed by atoms with van der Waals surface area (Å²) in [6.07, 6.45) is 3.49. The van der Waals surface area contributed by atoms with Crippen molar-refractivity contribution in [2.75, 3.05) is 36.4 Å². The molecule has 0 spiro atoms. The number of carbonyl (C=O) groups is 2. The first kappa shape index (κ1) is 20.9. The van der Waals surface area contributed by atoms with Gasteiger partial charge in [0, 0.05) is 43.6 Å². The Balaban J connectivity index is 1.29. The van der Waals surface area contributed by atoms with E-state index in [-0.39, 0.29) is 17.6 Å². The Labute approximate surface area is 189 Å². The monoisotopic (exact) mass is 479 g/mol. The standard InChI is InChI=1S/C24H22BrN3O3/c25-22-12-11-21(31-22)24(30)26-19-7-9-20(10-8-19)27-14-16-28(17-15-27)23(29)13-6-18-4-2-1-3-5-18/h1-13H,14-17H2,(H,26,30)/b13-6+. The number of furan rings is 1. The van der Waals surface area contributed by atoms with E-state index in [4.69, 9.17) is 4.42 Å². The van der Waals surface area contributed by atoms with E-state index in [1.54, 1.807) is 18.2 Å². The number of carbonyl (C=O) groups excluding carboxylic acids is 2. The summed E-state index contributed by atoms with van der Waals surface area (Å²) in [5.41, 5.74) is 2.77. The number of piperazine rings is 1. The lowest BCUT2D eigenvalue weighted by atomic mass is 10.2. The van der Waals surface area contributed by atoms with E-state index in [0.717, 1.165) is 24.3 Å². The summed E-state index contributed by atoms with van der Waals surface area (Å²) in [6, 6.07) is 20.8. The van der Waals surface area contributed by atoms with E-state index in [1.165, 1.54) is 0 Å². The molecule has 3 aromatic rings. The van der Waals surface area contributed by atoms with Crippen molar-refractivity contribution in [1.29, 1.82) is 0 Å². The minimum Gasteiger partial charge on any atom is -0.444 e. The fourth-order valence-electron chi connectivity index (χ4n) is 3.41. The molecule has 31 heavy (non-hydrogen) atoms. The number of hydrogen-bond acceptors (Lipinski definition) is 4. The number of hydrogen-bond donors (Lipinski definition) is 1. The predicted molar refractivity (Wildman–Crippen MR) is 125 cm³/mol. The highest BCUT2D eigenvalue weighted by Crippen LogP contribution is 2.21. The molecule has 6 nitrogen and oxygen atoms in total. The van der Waals surface area contributed by atoms with Crippen molar-refractivity contribution >= 4 is 45.2 Å². The van der Waals surface area contributed by atoms with Crippen LogP contribution in [0.5, 0.6) is 0 Å². The summed E-state index contributed by atoms with van der Waals surface area (Å²) in [6.45, 7) is 2.86. The van der Waals surface area contributed by atoms with Crippen LogP contribution in [-0.4, -0.2) is 42.9 Å². The molecular weight excluding hydrogens is 458 g/mol. The Morgan fingerprint density at radius 3 is 2.26 bits per heavy atom. The maximum atomic E-state index is 12.5. The van der Waals surface area contributed by atoms with Gasteiger partial charge in [-0.15, -0.1) is 0 Å². The van der Waals surface area contributed by atoms with Crippen LogP contribution >= 0.6 is 15.9 Å². The molecule has 1 aliphatic heterocycles. The average molecular weight is 480 g/mol. The number of halogens is 1. The van der Waals surface area contributed by atoms with E-state index in [0.29, 0.717) is 23.4 Å². The highest BCUT2D eigenvalue weighted by molar-refractivity contribution is 9.10. The van der Waals surface area contributed by atoms with Crippen LogP contribution in [0.1, 0.15) is 16.1 Å². The molecular formula is C24H22BrN3O3. The van der Waals surface area contributed by atoms with Gasteiger partial charge in [0.1, 0.15) is 0 Å². The predicted octanol–water partition coefficient (Wildman–Crippen LogP) is 4.66. The summed E-state index contributed by atoms with van der Waals surface area (Å²) in [5.74, 6) is -0.0154. The van der Waals surface area contributed by atoms with Crippen LogP contribution in [0.15, 0.2) is 81.9 Å². The van der Waals surface area contributed by atoms with Crippen LogP contribution in [0.3, 0.4) is 0 Å². The van der Waals surface area contributed by atoms with E-state index in [1.807, 2.05) is 65.6 Å². The van der Waals surface area contributed by atoms with Crippen LogP contribution in [0.25, 0.3) is 6.08 Å². The number of amides is 2. The molecule has 1 aliphatic rings. The van der Waals surface area contributed by atoms with Crippen molar-refractivity contribution in [3.63, 3.8) is 0 Å². The first-order valence-corrected chi connectivity index (χ1v) is 10.8. The molecule has 1 fully saturated rings. The zero-order valence-corrected chi connectivity index (χ0v) is 18.4.